The van der Waals surface area contributed by atoms with Gasteiger partial charge in [-0.05, 0) is 24.3 Å². The van der Waals surface area contributed by atoms with Crippen molar-refractivity contribution in [2.24, 2.45) is 0 Å². The molecule has 10 heteroatoms. The Balaban J connectivity index is 1.40. The van der Waals surface area contributed by atoms with Crippen molar-refractivity contribution in [3.05, 3.63) is 41.7 Å². The topological polar surface area (TPSA) is 78.9 Å². The van der Waals surface area contributed by atoms with Gasteiger partial charge in [0.05, 0.1) is 18.2 Å². The molecule has 2 saturated heterocycles. The zero-order chi connectivity index (χ0) is 19.6. The summed E-state index contributed by atoms with van der Waals surface area (Å²) in [6.45, 7) is 4.80. The molecule has 28 heavy (non-hydrogen) atoms. The van der Waals surface area contributed by atoms with Crippen molar-refractivity contribution in [1.29, 1.82) is 0 Å². The maximum absolute atomic E-state index is 12.7. The summed E-state index contributed by atoms with van der Waals surface area (Å²) in [5.74, 6) is 1.69. The van der Waals surface area contributed by atoms with Gasteiger partial charge >= 0.3 is 0 Å². The first-order chi connectivity index (χ1) is 13.5. The molecule has 2 aliphatic heterocycles. The van der Waals surface area contributed by atoms with Crippen LogP contribution in [-0.2, 0) is 14.8 Å². The van der Waals surface area contributed by atoms with Crippen molar-refractivity contribution in [2.75, 3.05) is 62.3 Å². The lowest BCUT2D eigenvalue weighted by Gasteiger charge is -2.36. The maximum atomic E-state index is 12.7. The van der Waals surface area contributed by atoms with Crippen molar-refractivity contribution in [3.63, 3.8) is 0 Å². The second-order valence-electron chi connectivity index (χ2n) is 6.68. The first kappa shape index (κ1) is 19.4. The first-order valence-electron chi connectivity index (χ1n) is 9.19. The zero-order valence-electron chi connectivity index (χ0n) is 15.4. The summed E-state index contributed by atoms with van der Waals surface area (Å²) < 4.78 is 32.1. The van der Waals surface area contributed by atoms with E-state index in [-0.39, 0.29) is 4.90 Å². The number of morpholine rings is 1. The van der Waals surface area contributed by atoms with E-state index in [1.807, 2.05) is 12.1 Å². The quantitative estimate of drug-likeness (QED) is 0.736. The van der Waals surface area contributed by atoms with E-state index < -0.39 is 10.0 Å². The Morgan fingerprint density at radius 2 is 1.39 bits per heavy atom. The van der Waals surface area contributed by atoms with Gasteiger partial charge in [0.2, 0.25) is 10.0 Å². The van der Waals surface area contributed by atoms with E-state index in [0.717, 1.165) is 37.8 Å². The maximum Gasteiger partial charge on any atom is 0.244 e. The summed E-state index contributed by atoms with van der Waals surface area (Å²) in [6, 6.07) is 7.18. The molecule has 2 aromatic heterocycles. The fraction of sp³-hybridized carbons (Fsp3) is 0.444. The minimum atomic E-state index is -3.51. The fourth-order valence-electron chi connectivity index (χ4n) is 3.37. The third-order valence-electron chi connectivity index (χ3n) is 4.97. The smallest absolute Gasteiger partial charge is 0.244 e. The molecule has 0 aromatic carbocycles. The summed E-state index contributed by atoms with van der Waals surface area (Å²) in [5.41, 5.74) is 0. The van der Waals surface area contributed by atoms with E-state index in [2.05, 4.69) is 19.8 Å². The van der Waals surface area contributed by atoms with Gasteiger partial charge in [-0.3, -0.25) is 0 Å². The Kier molecular flexibility index (Phi) is 5.68. The highest BCUT2D eigenvalue weighted by atomic mass is 35.5. The summed E-state index contributed by atoms with van der Waals surface area (Å²) in [5, 5.41) is 0.624. The number of rotatable bonds is 4. The molecular formula is C18H22ClN5O3S. The average Bonchev–Trinajstić information content (AvgIpc) is 2.75. The molecule has 0 spiro atoms. The lowest BCUT2D eigenvalue weighted by Crippen LogP contribution is -2.47. The minimum absolute atomic E-state index is 0.224. The van der Waals surface area contributed by atoms with Gasteiger partial charge in [0.25, 0.3) is 0 Å². The van der Waals surface area contributed by atoms with Crippen LogP contribution in [0, 0.1) is 0 Å². The van der Waals surface area contributed by atoms with Crippen LogP contribution in [0.25, 0.3) is 0 Å². The Bertz CT molecular complexity index is 894. The van der Waals surface area contributed by atoms with Crippen LogP contribution in [0.2, 0.25) is 5.02 Å². The highest BCUT2D eigenvalue weighted by Gasteiger charge is 2.27. The Morgan fingerprint density at radius 3 is 1.89 bits per heavy atom. The van der Waals surface area contributed by atoms with E-state index in [1.54, 1.807) is 18.3 Å². The van der Waals surface area contributed by atoms with Crippen LogP contribution >= 0.6 is 11.6 Å². The largest absolute Gasteiger partial charge is 0.379 e. The van der Waals surface area contributed by atoms with Gasteiger partial charge in [0.15, 0.2) is 0 Å². The minimum Gasteiger partial charge on any atom is -0.379 e. The van der Waals surface area contributed by atoms with Crippen molar-refractivity contribution in [1.82, 2.24) is 14.3 Å². The highest BCUT2D eigenvalue weighted by molar-refractivity contribution is 7.89. The summed E-state index contributed by atoms with van der Waals surface area (Å²) >= 11 is 5.90. The van der Waals surface area contributed by atoms with E-state index in [4.69, 9.17) is 16.3 Å². The predicted molar refractivity (Wildman–Crippen MR) is 107 cm³/mol. The molecule has 0 unspecified atom stereocenters. The number of hydrogen-bond donors (Lipinski definition) is 0. The van der Waals surface area contributed by atoms with Crippen LogP contribution < -0.4 is 9.80 Å². The molecule has 2 aromatic rings. The second-order valence-corrected chi connectivity index (χ2v) is 9.05. The molecular weight excluding hydrogens is 402 g/mol. The molecule has 2 aliphatic rings. The number of hydrogen-bond acceptors (Lipinski definition) is 7. The fourth-order valence-corrected chi connectivity index (χ4v) is 4.83. The predicted octanol–water partition coefficient (Wildman–Crippen LogP) is 1.48. The van der Waals surface area contributed by atoms with Crippen LogP contribution in [-0.4, -0.2) is 75.2 Å². The highest BCUT2D eigenvalue weighted by Crippen LogP contribution is 2.21. The third kappa shape index (κ3) is 4.07. The zero-order valence-corrected chi connectivity index (χ0v) is 16.9. The normalized spacial score (nSPS) is 19.0. The van der Waals surface area contributed by atoms with Crippen molar-refractivity contribution in [2.45, 2.75) is 4.90 Å². The molecule has 150 valence electrons. The molecule has 0 bridgehead atoms. The number of sulfonamides is 1. The first-order valence-corrected chi connectivity index (χ1v) is 11.0. The number of piperazine rings is 1. The lowest BCUT2D eigenvalue weighted by atomic mass is 10.3. The van der Waals surface area contributed by atoms with Crippen LogP contribution in [0.1, 0.15) is 0 Å². The van der Waals surface area contributed by atoms with E-state index in [1.165, 1.54) is 10.5 Å². The number of nitrogens with zero attached hydrogens (tertiary/aromatic N) is 5. The van der Waals surface area contributed by atoms with Crippen molar-refractivity contribution in [3.8, 4) is 0 Å². The third-order valence-corrected chi connectivity index (χ3v) is 7.07. The van der Waals surface area contributed by atoms with Crippen molar-refractivity contribution < 1.29 is 13.2 Å². The van der Waals surface area contributed by atoms with Gasteiger partial charge in [-0.25, -0.2) is 18.4 Å². The number of aromatic nitrogens is 2. The number of ether oxygens (including phenoxy) is 1. The molecule has 0 saturated carbocycles. The van der Waals surface area contributed by atoms with Gasteiger partial charge in [0, 0.05) is 51.7 Å². The van der Waals surface area contributed by atoms with Gasteiger partial charge in [-0.2, -0.15) is 4.31 Å². The van der Waals surface area contributed by atoms with Crippen LogP contribution in [0.15, 0.2) is 41.6 Å². The monoisotopic (exact) mass is 423 g/mol. The molecule has 8 nitrogen and oxygen atoms in total. The summed E-state index contributed by atoms with van der Waals surface area (Å²) in [4.78, 5) is 13.3. The van der Waals surface area contributed by atoms with Gasteiger partial charge in [0.1, 0.15) is 16.5 Å². The average molecular weight is 424 g/mol. The van der Waals surface area contributed by atoms with Crippen LogP contribution in [0.4, 0.5) is 11.6 Å². The van der Waals surface area contributed by atoms with Gasteiger partial charge < -0.3 is 14.5 Å². The molecule has 0 atom stereocenters. The van der Waals surface area contributed by atoms with E-state index in [9.17, 15) is 8.42 Å². The van der Waals surface area contributed by atoms with Crippen LogP contribution in [0.3, 0.4) is 0 Å². The van der Waals surface area contributed by atoms with Crippen molar-refractivity contribution >= 4 is 33.3 Å². The molecule has 0 amide bonds. The van der Waals surface area contributed by atoms with Gasteiger partial charge in [-0.15, -0.1) is 0 Å². The van der Waals surface area contributed by atoms with Crippen LogP contribution in [0.5, 0.6) is 0 Å². The summed E-state index contributed by atoms with van der Waals surface area (Å²) in [6.07, 6.45) is 3.10. The summed E-state index contributed by atoms with van der Waals surface area (Å²) in [7, 11) is -3.51. The molecule has 2 fully saturated rings. The molecule has 0 aliphatic carbocycles. The number of anilines is 2. The number of pyridine rings is 2. The Morgan fingerprint density at radius 1 is 0.821 bits per heavy atom. The second kappa shape index (κ2) is 8.20. The molecule has 0 radical (unpaired) electrons. The van der Waals surface area contributed by atoms with Gasteiger partial charge in [-0.1, -0.05) is 11.6 Å². The Hall–Kier alpha value is -1.94. The lowest BCUT2D eigenvalue weighted by molar-refractivity contribution is 0.0730. The Labute approximate surface area is 169 Å². The number of halogens is 1. The SMILES string of the molecule is O=S(=O)(c1ccc(N2CCN(c3ccc(Cl)cn3)CC2)nc1)N1CCOCC1. The standard InChI is InChI=1S/C18H22ClN5O3S/c19-15-1-3-17(20-13-15)22-5-7-23(8-6-22)18-4-2-16(14-21-18)28(25,26)24-9-11-27-12-10-24/h1-4,13-14H,5-12H2. The van der Waals surface area contributed by atoms with E-state index in [0.29, 0.717) is 31.3 Å². The molecule has 4 rings (SSSR count). The molecule has 4 heterocycles. The van der Waals surface area contributed by atoms with E-state index >= 15 is 0 Å². The molecule has 0 N–H and O–H groups in total.